The maximum absolute atomic E-state index is 13.4. The first kappa shape index (κ1) is 14.9. The molecule has 0 aromatic heterocycles. The predicted octanol–water partition coefficient (Wildman–Crippen LogP) is 4.07. The highest BCUT2D eigenvalue weighted by molar-refractivity contribution is 5.40. The molecule has 0 aliphatic heterocycles. The van der Waals surface area contributed by atoms with E-state index in [0.29, 0.717) is 23.7 Å². The molecule has 0 atom stereocenters. The minimum Gasteiger partial charge on any atom is -0.490 e. The number of nitrogens with zero attached hydrogens (tertiary/aromatic N) is 1. The van der Waals surface area contributed by atoms with E-state index in [9.17, 15) is 4.39 Å². The summed E-state index contributed by atoms with van der Waals surface area (Å²) >= 11 is 0. The number of para-hydroxylation sites is 2. The lowest BCUT2D eigenvalue weighted by molar-refractivity contribution is 0.261. The fourth-order valence-corrected chi connectivity index (χ4v) is 1.86. The molecule has 2 aromatic rings. The Kier molecular flexibility index (Phi) is 5.16. The third-order valence-electron chi connectivity index (χ3n) is 2.79. The lowest BCUT2D eigenvalue weighted by Gasteiger charge is -2.12. The van der Waals surface area contributed by atoms with E-state index in [1.807, 2.05) is 31.2 Å². The molecule has 0 spiro atoms. The first-order valence-corrected chi connectivity index (χ1v) is 6.77. The number of hydrogen-bond donors (Lipinski definition) is 0. The summed E-state index contributed by atoms with van der Waals surface area (Å²) in [6, 6.07) is 13.4. The van der Waals surface area contributed by atoms with Crippen LogP contribution in [0.1, 0.15) is 24.5 Å². The van der Waals surface area contributed by atoms with Crippen LogP contribution >= 0.6 is 0 Å². The van der Waals surface area contributed by atoms with Crippen LogP contribution in [0.5, 0.6) is 11.5 Å². The van der Waals surface area contributed by atoms with Crippen LogP contribution in [0.2, 0.25) is 0 Å². The molecule has 0 unspecified atom stereocenters. The second-order valence-electron chi connectivity index (χ2n) is 4.54. The van der Waals surface area contributed by atoms with Crippen LogP contribution in [-0.4, -0.2) is 6.61 Å². The fourth-order valence-electron chi connectivity index (χ4n) is 1.86. The first-order valence-electron chi connectivity index (χ1n) is 6.77. The van der Waals surface area contributed by atoms with E-state index < -0.39 is 5.82 Å². The van der Waals surface area contributed by atoms with Crippen molar-refractivity contribution < 1.29 is 13.9 Å². The van der Waals surface area contributed by atoms with E-state index in [4.69, 9.17) is 14.7 Å². The van der Waals surface area contributed by atoms with E-state index >= 15 is 0 Å². The molecule has 0 fully saturated rings. The first-order chi connectivity index (χ1) is 10.2. The monoisotopic (exact) mass is 285 g/mol. The largest absolute Gasteiger partial charge is 0.490 e. The summed E-state index contributed by atoms with van der Waals surface area (Å²) in [6.07, 6.45) is 0.907. The highest BCUT2D eigenvalue weighted by atomic mass is 19.1. The quantitative estimate of drug-likeness (QED) is 0.803. The fraction of sp³-hybridized carbons (Fsp3) is 0.235. The SMILES string of the molecule is CCCOc1ccccc1OCc1cc(F)cc(C#N)c1. The molecule has 2 aromatic carbocycles. The summed E-state index contributed by atoms with van der Waals surface area (Å²) in [5.74, 6) is 0.827. The van der Waals surface area contributed by atoms with Crippen LogP contribution in [0.25, 0.3) is 0 Å². The Labute approximate surface area is 123 Å². The highest BCUT2D eigenvalue weighted by Gasteiger charge is 2.06. The predicted molar refractivity (Wildman–Crippen MR) is 77.7 cm³/mol. The zero-order chi connectivity index (χ0) is 15.1. The van der Waals surface area contributed by atoms with Crippen LogP contribution in [-0.2, 0) is 6.61 Å². The van der Waals surface area contributed by atoms with E-state index in [2.05, 4.69) is 0 Å². The van der Waals surface area contributed by atoms with Gasteiger partial charge in [-0.1, -0.05) is 19.1 Å². The molecule has 4 heteroatoms. The normalized spacial score (nSPS) is 9.95. The molecule has 0 heterocycles. The van der Waals surface area contributed by atoms with Gasteiger partial charge in [0.2, 0.25) is 0 Å². The van der Waals surface area contributed by atoms with Gasteiger partial charge in [-0.3, -0.25) is 0 Å². The van der Waals surface area contributed by atoms with Crippen molar-refractivity contribution in [2.75, 3.05) is 6.61 Å². The van der Waals surface area contributed by atoms with Crippen molar-refractivity contribution >= 4 is 0 Å². The van der Waals surface area contributed by atoms with Crippen molar-refractivity contribution in [3.8, 4) is 17.6 Å². The van der Waals surface area contributed by atoms with Gasteiger partial charge in [-0.2, -0.15) is 5.26 Å². The zero-order valence-corrected chi connectivity index (χ0v) is 11.8. The van der Waals surface area contributed by atoms with Crippen LogP contribution < -0.4 is 9.47 Å². The third-order valence-corrected chi connectivity index (χ3v) is 2.79. The van der Waals surface area contributed by atoms with Gasteiger partial charge < -0.3 is 9.47 Å². The molecule has 0 bridgehead atoms. The van der Waals surface area contributed by atoms with Gasteiger partial charge in [0.1, 0.15) is 12.4 Å². The van der Waals surface area contributed by atoms with Crippen LogP contribution in [0.4, 0.5) is 4.39 Å². The standard InChI is InChI=1S/C17H16FNO2/c1-2-7-20-16-5-3-4-6-17(16)21-12-14-8-13(11-19)9-15(18)10-14/h3-6,8-10H,2,7,12H2,1H3. The summed E-state index contributed by atoms with van der Waals surface area (Å²) in [7, 11) is 0. The van der Waals surface area contributed by atoms with Crippen LogP contribution in [0.15, 0.2) is 42.5 Å². The van der Waals surface area contributed by atoms with E-state index in [-0.39, 0.29) is 12.2 Å². The molecule has 21 heavy (non-hydrogen) atoms. The molecule has 0 radical (unpaired) electrons. The Morgan fingerprint density at radius 3 is 2.48 bits per heavy atom. The third kappa shape index (κ3) is 4.22. The maximum atomic E-state index is 13.4. The van der Waals surface area contributed by atoms with Crippen molar-refractivity contribution in [2.24, 2.45) is 0 Å². The molecule has 2 rings (SSSR count). The van der Waals surface area contributed by atoms with Crippen molar-refractivity contribution in [2.45, 2.75) is 20.0 Å². The number of benzene rings is 2. The number of hydrogen-bond acceptors (Lipinski definition) is 3. The van der Waals surface area contributed by atoms with Crippen molar-refractivity contribution in [3.05, 3.63) is 59.4 Å². The summed E-state index contributed by atoms with van der Waals surface area (Å²) in [6.45, 7) is 2.82. The summed E-state index contributed by atoms with van der Waals surface area (Å²) in [5.41, 5.74) is 0.890. The highest BCUT2D eigenvalue weighted by Crippen LogP contribution is 2.27. The average Bonchev–Trinajstić information content (AvgIpc) is 2.51. The molecule has 0 saturated carbocycles. The minimum atomic E-state index is -0.442. The second-order valence-corrected chi connectivity index (χ2v) is 4.54. The lowest BCUT2D eigenvalue weighted by atomic mass is 10.1. The number of halogens is 1. The van der Waals surface area contributed by atoms with Gasteiger partial charge in [-0.05, 0) is 42.3 Å². The van der Waals surface area contributed by atoms with Gasteiger partial charge in [0.25, 0.3) is 0 Å². The molecular formula is C17H16FNO2. The Bertz CT molecular complexity index is 649. The molecular weight excluding hydrogens is 269 g/mol. The molecule has 0 amide bonds. The number of nitriles is 1. The van der Waals surface area contributed by atoms with E-state index in [1.165, 1.54) is 12.1 Å². The summed E-state index contributed by atoms with van der Waals surface area (Å²) < 4.78 is 24.6. The molecule has 0 saturated heterocycles. The zero-order valence-electron chi connectivity index (χ0n) is 11.8. The summed E-state index contributed by atoms with van der Waals surface area (Å²) in [4.78, 5) is 0. The van der Waals surface area contributed by atoms with Gasteiger partial charge in [0, 0.05) is 0 Å². The van der Waals surface area contributed by atoms with Gasteiger partial charge in [0.05, 0.1) is 18.2 Å². The maximum Gasteiger partial charge on any atom is 0.161 e. The van der Waals surface area contributed by atoms with Gasteiger partial charge in [-0.25, -0.2) is 4.39 Å². The molecule has 3 nitrogen and oxygen atoms in total. The molecule has 108 valence electrons. The Hall–Kier alpha value is -2.54. The molecule has 0 N–H and O–H groups in total. The van der Waals surface area contributed by atoms with Crippen LogP contribution in [0.3, 0.4) is 0 Å². The summed E-state index contributed by atoms with van der Waals surface area (Å²) in [5, 5.41) is 8.84. The van der Waals surface area contributed by atoms with Gasteiger partial charge in [0.15, 0.2) is 11.5 Å². The minimum absolute atomic E-state index is 0.180. The van der Waals surface area contributed by atoms with Crippen LogP contribution in [0, 0.1) is 17.1 Å². The van der Waals surface area contributed by atoms with Gasteiger partial charge in [-0.15, -0.1) is 0 Å². The lowest BCUT2D eigenvalue weighted by Crippen LogP contribution is -2.01. The van der Waals surface area contributed by atoms with Crippen molar-refractivity contribution in [1.82, 2.24) is 0 Å². The van der Waals surface area contributed by atoms with Crippen molar-refractivity contribution in [3.63, 3.8) is 0 Å². The number of ether oxygens (including phenoxy) is 2. The Balaban J connectivity index is 2.09. The molecule has 0 aliphatic rings. The van der Waals surface area contributed by atoms with E-state index in [0.717, 1.165) is 6.42 Å². The van der Waals surface area contributed by atoms with E-state index in [1.54, 1.807) is 12.1 Å². The Morgan fingerprint density at radius 1 is 1.10 bits per heavy atom. The molecule has 0 aliphatic carbocycles. The topological polar surface area (TPSA) is 42.2 Å². The van der Waals surface area contributed by atoms with Crippen molar-refractivity contribution in [1.29, 1.82) is 5.26 Å². The smallest absolute Gasteiger partial charge is 0.161 e. The second kappa shape index (κ2) is 7.30. The Morgan fingerprint density at radius 2 is 1.81 bits per heavy atom. The average molecular weight is 285 g/mol. The number of rotatable bonds is 6. The van der Waals surface area contributed by atoms with Gasteiger partial charge >= 0.3 is 0 Å².